The number of nitrogens with zero attached hydrogens (tertiary/aromatic N) is 3. The highest BCUT2D eigenvalue weighted by atomic mass is 32.1. The van der Waals surface area contributed by atoms with Gasteiger partial charge in [-0.05, 0) is 22.4 Å². The Hall–Kier alpha value is -2.99. The number of carbonyl (C=O) groups is 1. The van der Waals surface area contributed by atoms with Gasteiger partial charge >= 0.3 is 0 Å². The number of rotatable bonds is 4. The van der Waals surface area contributed by atoms with Gasteiger partial charge in [0.25, 0.3) is 0 Å². The summed E-state index contributed by atoms with van der Waals surface area (Å²) in [6.07, 6.45) is 5.49. The number of thiazole rings is 1. The summed E-state index contributed by atoms with van der Waals surface area (Å²) in [5, 5.41) is 5.34. The van der Waals surface area contributed by atoms with Crippen molar-refractivity contribution < 1.29 is 4.79 Å². The van der Waals surface area contributed by atoms with Crippen molar-refractivity contribution in [1.82, 2.24) is 19.9 Å². The second-order valence-electron chi connectivity index (χ2n) is 7.04. The maximum atomic E-state index is 13.1. The third kappa shape index (κ3) is 3.10. The van der Waals surface area contributed by atoms with Crippen LogP contribution in [-0.4, -0.2) is 32.3 Å². The lowest BCUT2D eigenvalue weighted by atomic mass is 9.93. The molecule has 0 aliphatic carbocycles. The number of amides is 1. The molecule has 5 nitrogen and oxygen atoms in total. The van der Waals surface area contributed by atoms with E-state index in [1.807, 2.05) is 22.4 Å². The minimum atomic E-state index is -0.150. The minimum Gasteiger partial charge on any atom is -0.348 e. The van der Waals surface area contributed by atoms with Crippen molar-refractivity contribution in [2.75, 3.05) is 6.54 Å². The maximum Gasteiger partial charge on any atom is 0.223 e. The molecule has 1 atom stereocenters. The standard InChI is InChI=1S/C22H20N4OS/c27-20(8-7-19-23-10-12-28-19)26-11-9-18-21(25-14-24-18)22(26)17-6-5-15-3-1-2-4-16(15)13-17/h1-6,10,12-14,22H,7-9,11H2,(H,24,25)/t22-/m0/s1. The number of benzene rings is 2. The van der Waals surface area contributed by atoms with Crippen LogP contribution in [0.3, 0.4) is 0 Å². The van der Waals surface area contributed by atoms with Gasteiger partial charge in [0.05, 0.1) is 17.0 Å². The van der Waals surface area contributed by atoms with Crippen molar-refractivity contribution in [3.8, 4) is 0 Å². The highest BCUT2D eigenvalue weighted by molar-refractivity contribution is 7.09. The Balaban J connectivity index is 1.49. The van der Waals surface area contributed by atoms with Gasteiger partial charge in [0.15, 0.2) is 0 Å². The average Bonchev–Trinajstić information content (AvgIpc) is 3.42. The van der Waals surface area contributed by atoms with E-state index < -0.39 is 0 Å². The van der Waals surface area contributed by atoms with Crippen LogP contribution in [0.1, 0.15) is 34.4 Å². The largest absolute Gasteiger partial charge is 0.348 e. The lowest BCUT2D eigenvalue weighted by molar-refractivity contribution is -0.133. The Morgan fingerprint density at radius 1 is 1.18 bits per heavy atom. The summed E-state index contributed by atoms with van der Waals surface area (Å²) in [7, 11) is 0. The molecule has 4 aromatic rings. The molecule has 5 rings (SSSR count). The molecule has 0 spiro atoms. The average molecular weight is 388 g/mol. The lowest BCUT2D eigenvalue weighted by Crippen LogP contribution is -2.40. The normalized spacial score (nSPS) is 16.3. The lowest BCUT2D eigenvalue weighted by Gasteiger charge is -2.35. The fourth-order valence-electron chi connectivity index (χ4n) is 3.99. The zero-order chi connectivity index (χ0) is 18.9. The van der Waals surface area contributed by atoms with Crippen LogP contribution < -0.4 is 0 Å². The number of fused-ring (bicyclic) bond motifs is 2. The molecule has 3 heterocycles. The highest BCUT2D eigenvalue weighted by Crippen LogP contribution is 2.35. The van der Waals surface area contributed by atoms with Gasteiger partial charge in [0.2, 0.25) is 5.91 Å². The fraction of sp³-hybridized carbons (Fsp3) is 0.227. The van der Waals surface area contributed by atoms with Gasteiger partial charge in [0, 0.05) is 43.1 Å². The molecule has 2 aromatic carbocycles. The first-order valence-corrected chi connectivity index (χ1v) is 10.4. The van der Waals surface area contributed by atoms with Crippen LogP contribution in [-0.2, 0) is 17.6 Å². The number of hydrogen-bond acceptors (Lipinski definition) is 4. The molecule has 0 unspecified atom stereocenters. The maximum absolute atomic E-state index is 13.1. The number of aromatic amines is 1. The third-order valence-electron chi connectivity index (χ3n) is 5.37. The van der Waals surface area contributed by atoms with E-state index in [9.17, 15) is 4.79 Å². The molecule has 1 N–H and O–H groups in total. The summed E-state index contributed by atoms with van der Waals surface area (Å²) >= 11 is 1.60. The number of H-pyrrole nitrogens is 1. The molecule has 1 aliphatic heterocycles. The molecule has 0 saturated heterocycles. The number of aryl methyl sites for hydroxylation is 1. The van der Waals surface area contributed by atoms with Gasteiger partial charge < -0.3 is 9.88 Å². The molecule has 0 bridgehead atoms. The topological polar surface area (TPSA) is 61.9 Å². The molecule has 1 amide bonds. The Bertz CT molecular complexity index is 1120. The van der Waals surface area contributed by atoms with Crippen molar-refractivity contribution in [2.24, 2.45) is 0 Å². The van der Waals surface area contributed by atoms with Gasteiger partial charge in [-0.15, -0.1) is 11.3 Å². The number of nitrogens with one attached hydrogen (secondary N) is 1. The molecule has 2 aromatic heterocycles. The van der Waals surface area contributed by atoms with E-state index in [4.69, 9.17) is 0 Å². The molecule has 0 radical (unpaired) electrons. The van der Waals surface area contributed by atoms with Crippen LogP contribution in [0.15, 0.2) is 60.4 Å². The van der Waals surface area contributed by atoms with Crippen molar-refractivity contribution in [2.45, 2.75) is 25.3 Å². The van der Waals surface area contributed by atoms with Gasteiger partial charge in [-0.25, -0.2) is 9.97 Å². The van der Waals surface area contributed by atoms with Crippen LogP contribution >= 0.6 is 11.3 Å². The van der Waals surface area contributed by atoms with E-state index >= 15 is 0 Å². The second-order valence-corrected chi connectivity index (χ2v) is 8.02. The number of carbonyl (C=O) groups excluding carboxylic acids is 1. The van der Waals surface area contributed by atoms with E-state index in [-0.39, 0.29) is 11.9 Å². The van der Waals surface area contributed by atoms with Crippen molar-refractivity contribution in [3.05, 3.63) is 82.3 Å². The van der Waals surface area contributed by atoms with E-state index in [0.29, 0.717) is 19.4 Å². The SMILES string of the molecule is O=C(CCc1nccs1)N1CCc2[nH]cnc2[C@@H]1c1ccc2ccccc2c1. The number of imidazole rings is 1. The quantitative estimate of drug-likeness (QED) is 0.572. The summed E-state index contributed by atoms with van der Waals surface area (Å²) in [4.78, 5) is 27.3. The van der Waals surface area contributed by atoms with Gasteiger partial charge in [-0.1, -0.05) is 36.4 Å². The van der Waals surface area contributed by atoms with E-state index in [1.165, 1.54) is 10.8 Å². The summed E-state index contributed by atoms with van der Waals surface area (Å²) in [6.45, 7) is 0.698. The Morgan fingerprint density at radius 2 is 2.07 bits per heavy atom. The van der Waals surface area contributed by atoms with Gasteiger partial charge in [0.1, 0.15) is 6.04 Å². The summed E-state index contributed by atoms with van der Waals surface area (Å²) < 4.78 is 0. The monoisotopic (exact) mass is 388 g/mol. The summed E-state index contributed by atoms with van der Waals surface area (Å²) in [5.41, 5.74) is 3.20. The Morgan fingerprint density at radius 3 is 2.93 bits per heavy atom. The second kappa shape index (κ2) is 7.20. The molecule has 28 heavy (non-hydrogen) atoms. The van der Waals surface area contributed by atoms with E-state index in [0.717, 1.165) is 28.4 Å². The zero-order valence-corrected chi connectivity index (χ0v) is 16.2. The molecule has 140 valence electrons. The zero-order valence-electron chi connectivity index (χ0n) is 15.3. The van der Waals surface area contributed by atoms with Crippen LogP contribution in [0.5, 0.6) is 0 Å². The van der Waals surface area contributed by atoms with E-state index in [1.54, 1.807) is 23.9 Å². The molecule has 0 fully saturated rings. The predicted molar refractivity (Wildman–Crippen MR) is 110 cm³/mol. The first-order valence-electron chi connectivity index (χ1n) is 9.48. The highest BCUT2D eigenvalue weighted by Gasteiger charge is 2.33. The molecular formula is C22H20N4OS. The predicted octanol–water partition coefficient (Wildman–Crippen LogP) is 4.13. The van der Waals surface area contributed by atoms with Gasteiger partial charge in [-0.3, -0.25) is 4.79 Å². The first-order chi connectivity index (χ1) is 13.8. The Kier molecular flexibility index (Phi) is 4.41. The van der Waals surface area contributed by atoms with Crippen molar-refractivity contribution >= 4 is 28.0 Å². The molecule has 0 saturated carbocycles. The van der Waals surface area contributed by atoms with Crippen molar-refractivity contribution in [3.63, 3.8) is 0 Å². The first kappa shape index (κ1) is 17.1. The smallest absolute Gasteiger partial charge is 0.223 e. The molecule has 6 heteroatoms. The van der Waals surface area contributed by atoms with E-state index in [2.05, 4.69) is 45.3 Å². The van der Waals surface area contributed by atoms with Crippen LogP contribution in [0.25, 0.3) is 10.8 Å². The van der Waals surface area contributed by atoms with Crippen LogP contribution in [0.4, 0.5) is 0 Å². The van der Waals surface area contributed by atoms with Crippen LogP contribution in [0.2, 0.25) is 0 Å². The Labute approximate surface area is 167 Å². The fourth-order valence-corrected chi connectivity index (χ4v) is 4.62. The molecule has 1 aliphatic rings. The van der Waals surface area contributed by atoms with Crippen LogP contribution in [0, 0.1) is 0 Å². The third-order valence-corrected chi connectivity index (χ3v) is 6.21. The summed E-state index contributed by atoms with van der Waals surface area (Å²) in [5.74, 6) is 0.155. The summed E-state index contributed by atoms with van der Waals surface area (Å²) in [6, 6.07) is 14.6. The number of aromatic nitrogens is 3. The molecular weight excluding hydrogens is 368 g/mol. The van der Waals surface area contributed by atoms with Gasteiger partial charge in [-0.2, -0.15) is 0 Å². The number of hydrogen-bond donors (Lipinski definition) is 1. The van der Waals surface area contributed by atoms with Crippen molar-refractivity contribution in [1.29, 1.82) is 0 Å². The minimum absolute atomic E-state index is 0.150.